The summed E-state index contributed by atoms with van der Waals surface area (Å²) in [5.74, 6) is -0.624. The molecule has 0 aliphatic heterocycles. The Hall–Kier alpha value is -1.81. The molecule has 1 aliphatic rings. The van der Waals surface area contributed by atoms with Crippen LogP contribution >= 0.6 is 0 Å². The molecule has 0 bridgehead atoms. The fourth-order valence-electron chi connectivity index (χ4n) is 1.98. The van der Waals surface area contributed by atoms with Crippen LogP contribution in [0.2, 0.25) is 0 Å². The SMILES string of the molecule is CC(C)(C)OC(=O)NC1(N)C=C(OCCCF)C(C(F)(F)F)=CC1N. The lowest BCUT2D eigenvalue weighted by molar-refractivity contribution is -0.0950. The van der Waals surface area contributed by atoms with E-state index in [2.05, 4.69) is 5.32 Å². The summed E-state index contributed by atoms with van der Waals surface area (Å²) < 4.78 is 61.6. The van der Waals surface area contributed by atoms with Gasteiger partial charge in [0.05, 0.1) is 24.9 Å². The van der Waals surface area contributed by atoms with Gasteiger partial charge in [-0.15, -0.1) is 0 Å². The van der Waals surface area contributed by atoms with E-state index >= 15 is 0 Å². The second kappa shape index (κ2) is 7.61. The number of carbonyl (C=O) groups is 1. The topological polar surface area (TPSA) is 99.6 Å². The van der Waals surface area contributed by atoms with Crippen LogP contribution in [-0.2, 0) is 9.47 Å². The van der Waals surface area contributed by atoms with Crippen LogP contribution < -0.4 is 16.8 Å². The molecule has 5 N–H and O–H groups in total. The molecule has 2 unspecified atom stereocenters. The lowest BCUT2D eigenvalue weighted by Crippen LogP contribution is -2.66. The number of alkyl carbamates (subject to hydrolysis) is 1. The number of halogens is 4. The Bertz CT molecular complexity index is 555. The Morgan fingerprint density at radius 3 is 2.44 bits per heavy atom. The summed E-state index contributed by atoms with van der Waals surface area (Å²) in [6.45, 7) is 3.80. The zero-order valence-corrected chi connectivity index (χ0v) is 14.2. The van der Waals surface area contributed by atoms with E-state index in [0.717, 1.165) is 6.08 Å². The van der Waals surface area contributed by atoms with Crippen molar-refractivity contribution in [2.24, 2.45) is 11.5 Å². The number of carbonyl (C=O) groups excluding carboxylic acids is 1. The van der Waals surface area contributed by atoms with Gasteiger partial charge in [-0.1, -0.05) is 0 Å². The van der Waals surface area contributed by atoms with Gasteiger partial charge in [-0.3, -0.25) is 9.71 Å². The monoisotopic (exact) mass is 369 g/mol. The van der Waals surface area contributed by atoms with E-state index in [1.54, 1.807) is 20.8 Å². The molecule has 0 saturated heterocycles. The van der Waals surface area contributed by atoms with E-state index in [1.807, 2.05) is 0 Å². The molecule has 1 aliphatic carbocycles. The molecule has 25 heavy (non-hydrogen) atoms. The van der Waals surface area contributed by atoms with Crippen LogP contribution in [0.15, 0.2) is 23.5 Å². The molecule has 6 nitrogen and oxygen atoms in total. The van der Waals surface area contributed by atoms with Gasteiger partial charge in [0.25, 0.3) is 0 Å². The molecule has 0 radical (unpaired) electrons. The number of hydrogen-bond acceptors (Lipinski definition) is 5. The van der Waals surface area contributed by atoms with Gasteiger partial charge in [0.1, 0.15) is 17.0 Å². The van der Waals surface area contributed by atoms with Crippen molar-refractivity contribution in [3.05, 3.63) is 23.5 Å². The van der Waals surface area contributed by atoms with Gasteiger partial charge < -0.3 is 20.9 Å². The van der Waals surface area contributed by atoms with Crippen LogP contribution in [0.1, 0.15) is 27.2 Å². The second-order valence-electron chi connectivity index (χ2n) is 6.56. The molecular formula is C15H23F4N3O3. The van der Waals surface area contributed by atoms with Crippen molar-refractivity contribution >= 4 is 6.09 Å². The maximum absolute atomic E-state index is 13.1. The summed E-state index contributed by atoms with van der Waals surface area (Å²) in [5.41, 5.74) is 7.81. The minimum Gasteiger partial charge on any atom is -0.493 e. The van der Waals surface area contributed by atoms with Crippen LogP contribution in [0.5, 0.6) is 0 Å². The minimum absolute atomic E-state index is 0.0917. The van der Waals surface area contributed by atoms with Crippen molar-refractivity contribution in [1.82, 2.24) is 5.32 Å². The first kappa shape index (κ1) is 21.2. The Balaban J connectivity index is 3.07. The van der Waals surface area contributed by atoms with Gasteiger partial charge in [-0.2, -0.15) is 13.2 Å². The normalized spacial score (nSPS) is 24.3. The molecule has 1 amide bonds. The van der Waals surface area contributed by atoms with Gasteiger partial charge in [0.15, 0.2) is 0 Å². The van der Waals surface area contributed by atoms with E-state index in [0.29, 0.717) is 6.08 Å². The lowest BCUT2D eigenvalue weighted by Gasteiger charge is -2.37. The van der Waals surface area contributed by atoms with Crippen molar-refractivity contribution in [2.75, 3.05) is 13.3 Å². The summed E-state index contributed by atoms with van der Waals surface area (Å²) in [7, 11) is 0. The highest BCUT2D eigenvalue weighted by atomic mass is 19.4. The zero-order valence-electron chi connectivity index (χ0n) is 14.2. The maximum Gasteiger partial charge on any atom is 0.419 e. The first-order chi connectivity index (χ1) is 11.3. The molecule has 2 atom stereocenters. The third kappa shape index (κ3) is 6.20. The number of nitrogens with one attached hydrogen (secondary N) is 1. The van der Waals surface area contributed by atoms with Gasteiger partial charge in [-0.25, -0.2) is 4.79 Å². The smallest absolute Gasteiger partial charge is 0.419 e. The fourth-order valence-corrected chi connectivity index (χ4v) is 1.98. The molecular weight excluding hydrogens is 346 g/mol. The van der Waals surface area contributed by atoms with Crippen molar-refractivity contribution < 1.29 is 31.8 Å². The van der Waals surface area contributed by atoms with E-state index < -0.39 is 47.6 Å². The van der Waals surface area contributed by atoms with Crippen LogP contribution in [0.25, 0.3) is 0 Å². The van der Waals surface area contributed by atoms with Gasteiger partial charge >= 0.3 is 12.3 Å². The summed E-state index contributed by atoms with van der Waals surface area (Å²) in [6, 6.07) is -1.38. The molecule has 0 aromatic rings. The number of amides is 1. The molecule has 10 heteroatoms. The first-order valence-corrected chi connectivity index (χ1v) is 7.55. The minimum atomic E-state index is -4.74. The number of allylic oxidation sites excluding steroid dienone is 1. The molecule has 144 valence electrons. The summed E-state index contributed by atoms with van der Waals surface area (Å²) in [6.07, 6.45) is -4.27. The Morgan fingerprint density at radius 1 is 1.36 bits per heavy atom. The molecule has 0 spiro atoms. The molecule has 0 heterocycles. The number of rotatable bonds is 5. The van der Waals surface area contributed by atoms with E-state index in [9.17, 15) is 22.4 Å². The number of nitrogens with two attached hydrogens (primary N) is 2. The Labute approximate surface area is 143 Å². The predicted octanol–water partition coefficient (Wildman–Crippen LogP) is 2.26. The highest BCUT2D eigenvalue weighted by molar-refractivity contribution is 5.70. The Morgan fingerprint density at radius 2 is 1.96 bits per heavy atom. The average Bonchev–Trinajstić information content (AvgIpc) is 2.39. The standard InChI is InChI=1S/C15H23F4N3O3/c1-13(2,3)25-12(23)22-14(21)8-10(24-6-4-5-16)9(7-11(14)20)15(17,18)19/h7-8,11H,4-6,20-21H2,1-3H3,(H,22,23). The van der Waals surface area contributed by atoms with E-state index in [1.165, 1.54) is 0 Å². The van der Waals surface area contributed by atoms with Crippen molar-refractivity contribution in [3.8, 4) is 0 Å². The van der Waals surface area contributed by atoms with Gasteiger partial charge in [-0.05, 0) is 26.8 Å². The Kier molecular flexibility index (Phi) is 6.46. The van der Waals surface area contributed by atoms with Crippen molar-refractivity contribution in [3.63, 3.8) is 0 Å². The summed E-state index contributed by atoms with van der Waals surface area (Å²) in [4.78, 5) is 11.9. The van der Waals surface area contributed by atoms with Crippen LogP contribution in [0.4, 0.5) is 22.4 Å². The van der Waals surface area contributed by atoms with Crippen molar-refractivity contribution in [1.29, 1.82) is 0 Å². The molecule has 0 aromatic carbocycles. The lowest BCUT2D eigenvalue weighted by atomic mass is 9.91. The van der Waals surface area contributed by atoms with Gasteiger partial charge in [0.2, 0.25) is 0 Å². The predicted molar refractivity (Wildman–Crippen MR) is 83.0 cm³/mol. The number of alkyl halides is 4. The molecule has 1 rings (SSSR count). The molecule has 0 aromatic heterocycles. The van der Waals surface area contributed by atoms with Crippen LogP contribution in [0.3, 0.4) is 0 Å². The molecule has 0 saturated carbocycles. The number of hydrogen-bond donors (Lipinski definition) is 3. The van der Waals surface area contributed by atoms with Crippen LogP contribution in [-0.4, -0.2) is 42.9 Å². The summed E-state index contributed by atoms with van der Waals surface area (Å²) >= 11 is 0. The highest BCUT2D eigenvalue weighted by Crippen LogP contribution is 2.36. The van der Waals surface area contributed by atoms with E-state index in [4.69, 9.17) is 20.9 Å². The second-order valence-corrected chi connectivity index (χ2v) is 6.56. The maximum atomic E-state index is 13.1. The van der Waals surface area contributed by atoms with E-state index in [-0.39, 0.29) is 13.0 Å². The van der Waals surface area contributed by atoms with Crippen molar-refractivity contribution in [2.45, 2.75) is 50.7 Å². The third-order valence-corrected chi connectivity index (χ3v) is 3.09. The fraction of sp³-hybridized carbons (Fsp3) is 0.667. The van der Waals surface area contributed by atoms with Crippen LogP contribution in [0, 0.1) is 0 Å². The quantitative estimate of drug-likeness (QED) is 0.392. The zero-order chi connectivity index (χ0) is 19.5. The average molecular weight is 369 g/mol. The third-order valence-electron chi connectivity index (χ3n) is 3.09. The highest BCUT2D eigenvalue weighted by Gasteiger charge is 2.45. The van der Waals surface area contributed by atoms with Gasteiger partial charge in [0, 0.05) is 12.5 Å². The molecule has 0 fully saturated rings. The summed E-state index contributed by atoms with van der Waals surface area (Å²) in [5, 5.41) is 2.24. The number of ether oxygens (including phenoxy) is 2. The largest absolute Gasteiger partial charge is 0.493 e. The first-order valence-electron chi connectivity index (χ1n) is 7.55.